The highest BCUT2D eigenvalue weighted by atomic mass is 19.1. The molecule has 0 bridgehead atoms. The molecule has 3 rings (SSSR count). The number of benzene rings is 1. The van der Waals surface area contributed by atoms with E-state index in [4.69, 9.17) is 4.74 Å². The maximum Gasteiger partial charge on any atom is 0.254 e. The highest BCUT2D eigenvalue weighted by Crippen LogP contribution is 2.15. The van der Waals surface area contributed by atoms with Gasteiger partial charge in [0.15, 0.2) is 0 Å². The van der Waals surface area contributed by atoms with E-state index in [0.29, 0.717) is 37.6 Å². The van der Waals surface area contributed by atoms with Crippen molar-refractivity contribution in [2.45, 2.75) is 6.54 Å². The summed E-state index contributed by atoms with van der Waals surface area (Å²) in [5, 5.41) is 0. The Hall–Kier alpha value is -2.54. The molecule has 6 nitrogen and oxygen atoms in total. The quantitative estimate of drug-likeness (QED) is 0.844. The second-order valence-corrected chi connectivity index (χ2v) is 5.24. The number of carbonyl (C=O) groups is 1. The smallest absolute Gasteiger partial charge is 0.254 e. The van der Waals surface area contributed by atoms with Gasteiger partial charge in [-0.3, -0.25) is 14.2 Å². The summed E-state index contributed by atoms with van der Waals surface area (Å²) in [7, 11) is 0. The van der Waals surface area contributed by atoms with Gasteiger partial charge in [-0.05, 0) is 24.3 Å². The molecule has 1 aliphatic rings. The molecule has 1 saturated heterocycles. The lowest BCUT2D eigenvalue weighted by Gasteiger charge is -2.26. The Morgan fingerprint density at radius 2 is 1.91 bits per heavy atom. The van der Waals surface area contributed by atoms with E-state index in [2.05, 4.69) is 4.98 Å². The molecule has 0 unspecified atom stereocenters. The van der Waals surface area contributed by atoms with Crippen LogP contribution >= 0.6 is 0 Å². The molecule has 23 heavy (non-hydrogen) atoms. The van der Waals surface area contributed by atoms with E-state index in [-0.39, 0.29) is 23.8 Å². The Morgan fingerprint density at radius 1 is 1.22 bits per heavy atom. The fraction of sp³-hybridized carbons (Fsp3) is 0.312. The van der Waals surface area contributed by atoms with Crippen LogP contribution in [0.2, 0.25) is 0 Å². The van der Waals surface area contributed by atoms with E-state index in [1.165, 1.54) is 29.1 Å². The van der Waals surface area contributed by atoms with Crippen LogP contribution in [-0.2, 0) is 16.1 Å². The van der Waals surface area contributed by atoms with Gasteiger partial charge in [-0.15, -0.1) is 0 Å². The van der Waals surface area contributed by atoms with Crippen LogP contribution in [0.25, 0.3) is 11.3 Å². The Balaban J connectivity index is 1.75. The third-order valence-corrected chi connectivity index (χ3v) is 3.69. The van der Waals surface area contributed by atoms with Crippen molar-refractivity contribution in [1.82, 2.24) is 14.5 Å². The number of carbonyl (C=O) groups excluding carboxylic acids is 1. The normalized spacial score (nSPS) is 14.7. The molecule has 0 N–H and O–H groups in total. The van der Waals surface area contributed by atoms with Crippen molar-refractivity contribution in [1.29, 1.82) is 0 Å². The molecule has 1 amide bonds. The topological polar surface area (TPSA) is 64.4 Å². The van der Waals surface area contributed by atoms with Crippen LogP contribution in [-0.4, -0.2) is 46.7 Å². The van der Waals surface area contributed by atoms with E-state index >= 15 is 0 Å². The molecule has 0 aliphatic carbocycles. The van der Waals surface area contributed by atoms with Crippen LogP contribution in [0.5, 0.6) is 0 Å². The van der Waals surface area contributed by atoms with Crippen LogP contribution in [0.1, 0.15) is 0 Å². The molecule has 2 aromatic rings. The third kappa shape index (κ3) is 3.62. The van der Waals surface area contributed by atoms with E-state index in [1.807, 2.05) is 0 Å². The van der Waals surface area contributed by atoms with Crippen LogP contribution in [0.15, 0.2) is 41.5 Å². The molecule has 0 radical (unpaired) electrons. The highest BCUT2D eigenvalue weighted by Gasteiger charge is 2.17. The van der Waals surface area contributed by atoms with Gasteiger partial charge in [0, 0.05) is 24.7 Å². The number of halogens is 1. The van der Waals surface area contributed by atoms with Gasteiger partial charge in [0.2, 0.25) is 5.91 Å². The minimum absolute atomic E-state index is 0.0461. The predicted molar refractivity (Wildman–Crippen MR) is 81.3 cm³/mol. The first kappa shape index (κ1) is 15.4. The first-order valence-electron chi connectivity index (χ1n) is 7.31. The predicted octanol–water partition coefficient (Wildman–Crippen LogP) is 0.908. The second kappa shape index (κ2) is 6.70. The highest BCUT2D eigenvalue weighted by molar-refractivity contribution is 5.76. The molecule has 7 heteroatoms. The number of rotatable bonds is 3. The lowest BCUT2D eigenvalue weighted by Crippen LogP contribution is -2.43. The lowest BCUT2D eigenvalue weighted by atomic mass is 10.1. The summed E-state index contributed by atoms with van der Waals surface area (Å²) in [6.07, 6.45) is 1.35. The third-order valence-electron chi connectivity index (χ3n) is 3.69. The summed E-state index contributed by atoms with van der Waals surface area (Å²) in [5.74, 6) is -0.482. The summed E-state index contributed by atoms with van der Waals surface area (Å²) in [4.78, 5) is 30.2. The van der Waals surface area contributed by atoms with E-state index in [0.717, 1.165) is 0 Å². The average molecular weight is 317 g/mol. The number of morpholine rings is 1. The molecule has 1 aromatic carbocycles. The minimum Gasteiger partial charge on any atom is -0.378 e. The SMILES string of the molecule is O=C(Cn1cnc(-c2ccc(F)cc2)cc1=O)N1CCOCC1. The summed E-state index contributed by atoms with van der Waals surface area (Å²) < 4.78 is 19.4. The molecule has 0 spiro atoms. The Bertz CT molecular complexity index is 752. The molecule has 2 heterocycles. The van der Waals surface area contributed by atoms with Gasteiger partial charge in [0.1, 0.15) is 12.4 Å². The summed E-state index contributed by atoms with van der Waals surface area (Å²) >= 11 is 0. The molecular formula is C16H16FN3O3. The van der Waals surface area contributed by atoms with Gasteiger partial charge in [0.05, 0.1) is 25.2 Å². The van der Waals surface area contributed by atoms with E-state index in [1.54, 1.807) is 17.0 Å². The molecular weight excluding hydrogens is 301 g/mol. The van der Waals surface area contributed by atoms with Crippen molar-refractivity contribution in [3.63, 3.8) is 0 Å². The molecule has 0 saturated carbocycles. The van der Waals surface area contributed by atoms with Gasteiger partial charge < -0.3 is 9.64 Å². The largest absolute Gasteiger partial charge is 0.378 e. The maximum atomic E-state index is 12.9. The van der Waals surface area contributed by atoms with E-state index in [9.17, 15) is 14.0 Å². The first-order chi connectivity index (χ1) is 11.1. The van der Waals surface area contributed by atoms with Crippen LogP contribution in [0.4, 0.5) is 4.39 Å². The summed E-state index contributed by atoms with van der Waals surface area (Å²) in [6, 6.07) is 7.08. The fourth-order valence-corrected chi connectivity index (χ4v) is 2.38. The zero-order valence-electron chi connectivity index (χ0n) is 12.4. The standard InChI is InChI=1S/C16H16FN3O3/c17-13-3-1-12(2-4-13)14-9-15(21)20(11-18-14)10-16(22)19-5-7-23-8-6-19/h1-4,9,11H,5-8,10H2. The Labute approximate surface area is 132 Å². The number of amides is 1. The number of hydrogen-bond donors (Lipinski definition) is 0. The molecule has 1 aliphatic heterocycles. The zero-order valence-corrected chi connectivity index (χ0v) is 12.4. The number of aromatic nitrogens is 2. The fourth-order valence-electron chi connectivity index (χ4n) is 2.38. The van der Waals surface area contributed by atoms with Gasteiger partial charge in [-0.2, -0.15) is 0 Å². The van der Waals surface area contributed by atoms with Crippen molar-refractivity contribution in [3.05, 3.63) is 52.8 Å². The van der Waals surface area contributed by atoms with Crippen molar-refractivity contribution in [3.8, 4) is 11.3 Å². The van der Waals surface area contributed by atoms with Crippen molar-refractivity contribution >= 4 is 5.91 Å². The minimum atomic E-state index is -0.349. The van der Waals surface area contributed by atoms with Gasteiger partial charge in [0.25, 0.3) is 5.56 Å². The molecule has 1 fully saturated rings. The Kier molecular flexibility index (Phi) is 4.47. The van der Waals surface area contributed by atoms with Gasteiger partial charge in [-0.25, -0.2) is 9.37 Å². The van der Waals surface area contributed by atoms with Gasteiger partial charge in [-0.1, -0.05) is 0 Å². The number of ether oxygens (including phenoxy) is 1. The number of nitrogens with zero attached hydrogens (tertiary/aromatic N) is 3. The molecule has 120 valence electrons. The van der Waals surface area contributed by atoms with Crippen LogP contribution in [0, 0.1) is 5.82 Å². The van der Waals surface area contributed by atoms with Crippen molar-refractivity contribution in [2.24, 2.45) is 0 Å². The van der Waals surface area contributed by atoms with Crippen molar-refractivity contribution < 1.29 is 13.9 Å². The lowest BCUT2D eigenvalue weighted by molar-refractivity contribution is -0.135. The maximum absolute atomic E-state index is 12.9. The zero-order chi connectivity index (χ0) is 16.2. The summed E-state index contributed by atoms with van der Waals surface area (Å²) in [6.45, 7) is 2.06. The van der Waals surface area contributed by atoms with Crippen molar-refractivity contribution in [2.75, 3.05) is 26.3 Å². The monoisotopic (exact) mass is 317 g/mol. The van der Waals surface area contributed by atoms with Gasteiger partial charge >= 0.3 is 0 Å². The van der Waals surface area contributed by atoms with E-state index < -0.39 is 0 Å². The molecule has 0 atom stereocenters. The summed E-state index contributed by atoms with van der Waals surface area (Å²) in [5.41, 5.74) is 0.779. The first-order valence-corrected chi connectivity index (χ1v) is 7.31. The average Bonchev–Trinajstić information content (AvgIpc) is 2.58. The van der Waals surface area contributed by atoms with Crippen LogP contribution in [0.3, 0.4) is 0 Å². The number of hydrogen-bond acceptors (Lipinski definition) is 4. The van der Waals surface area contributed by atoms with Crippen LogP contribution < -0.4 is 5.56 Å². The molecule has 1 aromatic heterocycles. The second-order valence-electron chi connectivity index (χ2n) is 5.24. The Morgan fingerprint density at radius 3 is 2.57 bits per heavy atom.